The van der Waals surface area contributed by atoms with Gasteiger partial charge in [-0.1, -0.05) is 13.8 Å². The summed E-state index contributed by atoms with van der Waals surface area (Å²) < 4.78 is 5.57. The molecule has 0 saturated carbocycles. The van der Waals surface area contributed by atoms with Crippen LogP contribution in [0.3, 0.4) is 0 Å². The Morgan fingerprint density at radius 1 is 1.43 bits per heavy atom. The molecule has 6 heteroatoms. The van der Waals surface area contributed by atoms with Gasteiger partial charge in [-0.25, -0.2) is 0 Å². The van der Waals surface area contributed by atoms with Gasteiger partial charge in [0.2, 0.25) is 0 Å². The molecule has 2 heterocycles. The minimum absolute atomic E-state index is 0.0754. The first-order chi connectivity index (χ1) is 10.2. The zero-order valence-corrected chi connectivity index (χ0v) is 12.4. The van der Waals surface area contributed by atoms with Crippen molar-refractivity contribution < 1.29 is 9.53 Å². The second-order valence-electron chi connectivity index (χ2n) is 5.17. The van der Waals surface area contributed by atoms with Gasteiger partial charge >= 0.3 is 0 Å². The lowest BCUT2D eigenvalue weighted by Crippen LogP contribution is -2.36. The van der Waals surface area contributed by atoms with Gasteiger partial charge in [-0.2, -0.15) is 0 Å². The molecule has 0 aliphatic carbocycles. The van der Waals surface area contributed by atoms with Crippen LogP contribution < -0.4 is 20.7 Å². The average molecular weight is 288 g/mol. The lowest BCUT2D eigenvalue weighted by molar-refractivity contribution is -0.118. The number of fused-ring (bicyclic) bond motifs is 1. The molecule has 0 aromatic heterocycles. The van der Waals surface area contributed by atoms with Crippen LogP contribution in [0, 0.1) is 0 Å². The molecule has 0 radical (unpaired) electrons. The topological polar surface area (TPSA) is 80.0 Å². The maximum absolute atomic E-state index is 11.6. The summed E-state index contributed by atoms with van der Waals surface area (Å²) >= 11 is 0. The summed E-state index contributed by atoms with van der Waals surface area (Å²) in [6.07, 6.45) is 1.66. The lowest BCUT2D eigenvalue weighted by atomic mass is 9.98. The third kappa shape index (κ3) is 2.20. The first kappa shape index (κ1) is 13.7. The molecule has 0 atom stereocenters. The highest BCUT2D eigenvalue weighted by Crippen LogP contribution is 2.41. The first-order valence-electron chi connectivity index (χ1n) is 7.34. The highest BCUT2D eigenvalue weighted by atomic mass is 16.5. The van der Waals surface area contributed by atoms with Crippen molar-refractivity contribution in [1.82, 2.24) is 0 Å². The number of nitrogens with two attached hydrogens (primary N) is 1. The van der Waals surface area contributed by atoms with Crippen molar-refractivity contribution in [2.75, 3.05) is 29.9 Å². The van der Waals surface area contributed by atoms with E-state index in [1.807, 2.05) is 11.0 Å². The highest BCUT2D eigenvalue weighted by Gasteiger charge is 2.28. The Morgan fingerprint density at radius 3 is 2.86 bits per heavy atom. The molecule has 1 aromatic carbocycles. The summed E-state index contributed by atoms with van der Waals surface area (Å²) in [6.45, 7) is 5.74. The fraction of sp³-hybridized carbons (Fsp3) is 0.467. The Labute approximate surface area is 124 Å². The van der Waals surface area contributed by atoms with E-state index in [1.165, 1.54) is 5.56 Å². The molecule has 0 bridgehead atoms. The van der Waals surface area contributed by atoms with E-state index >= 15 is 0 Å². The van der Waals surface area contributed by atoms with E-state index in [0.717, 1.165) is 42.1 Å². The van der Waals surface area contributed by atoms with Gasteiger partial charge in [0.1, 0.15) is 5.75 Å². The van der Waals surface area contributed by atoms with Crippen LogP contribution in [0.5, 0.6) is 5.75 Å². The second kappa shape index (κ2) is 5.27. The average Bonchev–Trinajstić information content (AvgIpc) is 2.91. The molecule has 1 aromatic rings. The van der Waals surface area contributed by atoms with E-state index in [2.05, 4.69) is 24.2 Å². The number of nitrogens with one attached hydrogen (secondary N) is 1. The molecular formula is C15H20N4O2. The highest BCUT2D eigenvalue weighted by molar-refractivity contribution is 6.02. The first-order valence-corrected chi connectivity index (χ1v) is 7.34. The van der Waals surface area contributed by atoms with Gasteiger partial charge in [0, 0.05) is 12.1 Å². The van der Waals surface area contributed by atoms with E-state index in [4.69, 9.17) is 10.5 Å². The van der Waals surface area contributed by atoms with Crippen LogP contribution >= 0.6 is 0 Å². The van der Waals surface area contributed by atoms with Crippen LogP contribution in [0.15, 0.2) is 11.1 Å². The third-order valence-corrected chi connectivity index (χ3v) is 3.95. The number of hydrogen-bond acceptors (Lipinski definition) is 5. The predicted molar refractivity (Wildman–Crippen MR) is 83.2 cm³/mol. The Bertz CT molecular complexity index is 625. The maximum atomic E-state index is 11.6. The van der Waals surface area contributed by atoms with E-state index < -0.39 is 0 Å². The Balaban J connectivity index is 2.19. The third-order valence-electron chi connectivity index (χ3n) is 3.95. The van der Waals surface area contributed by atoms with Crippen LogP contribution in [0.25, 0.3) is 0 Å². The zero-order chi connectivity index (χ0) is 15.0. The number of hydrogen-bond donors (Lipinski definition) is 2. The van der Waals surface area contributed by atoms with Crippen molar-refractivity contribution in [3.05, 3.63) is 17.2 Å². The zero-order valence-electron chi connectivity index (χ0n) is 12.4. The molecule has 0 saturated heterocycles. The molecular weight excluding hydrogens is 268 g/mol. The van der Waals surface area contributed by atoms with Crippen LogP contribution in [-0.4, -0.2) is 31.6 Å². The molecule has 0 spiro atoms. The summed E-state index contributed by atoms with van der Waals surface area (Å²) in [5, 5.41) is 2.94. The number of anilines is 2. The van der Waals surface area contributed by atoms with E-state index in [0.29, 0.717) is 12.5 Å². The second-order valence-corrected chi connectivity index (χ2v) is 5.17. The quantitative estimate of drug-likeness (QED) is 0.878. The normalized spacial score (nSPS) is 17.1. The molecule has 21 heavy (non-hydrogen) atoms. The number of amides is 1. The molecule has 3 rings (SSSR count). The van der Waals surface area contributed by atoms with Crippen molar-refractivity contribution in [2.45, 2.75) is 26.7 Å². The number of carbonyl (C=O) groups excluding carboxylic acids is 1. The van der Waals surface area contributed by atoms with Gasteiger partial charge < -0.3 is 20.7 Å². The summed E-state index contributed by atoms with van der Waals surface area (Å²) in [4.78, 5) is 18.0. The van der Waals surface area contributed by atoms with Crippen LogP contribution in [0.1, 0.15) is 25.0 Å². The summed E-state index contributed by atoms with van der Waals surface area (Å²) in [5.41, 5.74) is 10.1. The van der Waals surface area contributed by atoms with Gasteiger partial charge in [-0.05, 0) is 24.5 Å². The summed E-state index contributed by atoms with van der Waals surface area (Å²) in [5.74, 6) is 1.18. The molecule has 0 unspecified atom stereocenters. The SMILES string of the molecule is CCc1cc2c(c(CC)c1N1CCN=C1N)NC(=O)CO2. The van der Waals surface area contributed by atoms with Crippen LogP contribution in [0.4, 0.5) is 11.4 Å². The maximum Gasteiger partial charge on any atom is 0.262 e. The molecule has 2 aliphatic rings. The number of carbonyl (C=O) groups is 1. The number of guanidine groups is 1. The number of rotatable bonds is 3. The van der Waals surface area contributed by atoms with Gasteiger partial charge in [0.15, 0.2) is 12.6 Å². The van der Waals surface area contributed by atoms with E-state index in [1.54, 1.807) is 0 Å². The monoisotopic (exact) mass is 288 g/mol. The standard InChI is InChI=1S/C15H20N4O2/c1-3-9-7-11-13(18-12(20)8-21-11)10(4-2)14(9)19-6-5-17-15(19)16/h7H,3-6,8H2,1-2H3,(H2,16,17)(H,18,20). The summed E-state index contributed by atoms with van der Waals surface area (Å²) in [6, 6.07) is 2.01. The number of nitrogens with zero attached hydrogens (tertiary/aromatic N) is 2. The van der Waals surface area contributed by atoms with Crippen LogP contribution in [-0.2, 0) is 17.6 Å². The lowest BCUT2D eigenvalue weighted by Gasteiger charge is -2.29. The van der Waals surface area contributed by atoms with Crippen molar-refractivity contribution in [2.24, 2.45) is 10.7 Å². The smallest absolute Gasteiger partial charge is 0.262 e. The van der Waals surface area contributed by atoms with Gasteiger partial charge in [-0.15, -0.1) is 0 Å². The van der Waals surface area contributed by atoms with Crippen molar-refractivity contribution in [3.63, 3.8) is 0 Å². The van der Waals surface area contributed by atoms with E-state index in [9.17, 15) is 4.79 Å². The number of aliphatic imine (C=N–C) groups is 1. The number of benzene rings is 1. The molecule has 0 fully saturated rings. The van der Waals surface area contributed by atoms with Gasteiger partial charge in [-0.3, -0.25) is 9.79 Å². The van der Waals surface area contributed by atoms with Gasteiger partial charge in [0.05, 0.1) is 17.9 Å². The minimum Gasteiger partial charge on any atom is -0.482 e. The fourth-order valence-corrected chi connectivity index (χ4v) is 2.97. The Hall–Kier alpha value is -2.24. The Morgan fingerprint density at radius 2 is 2.24 bits per heavy atom. The molecule has 2 aliphatic heterocycles. The van der Waals surface area contributed by atoms with Crippen molar-refractivity contribution >= 4 is 23.2 Å². The number of aryl methyl sites for hydroxylation is 1. The van der Waals surface area contributed by atoms with E-state index in [-0.39, 0.29) is 12.5 Å². The van der Waals surface area contributed by atoms with Gasteiger partial charge in [0.25, 0.3) is 5.91 Å². The molecule has 112 valence electrons. The van der Waals surface area contributed by atoms with Crippen molar-refractivity contribution in [3.8, 4) is 5.75 Å². The Kier molecular flexibility index (Phi) is 3.45. The minimum atomic E-state index is -0.115. The predicted octanol–water partition coefficient (Wildman–Crippen LogP) is 1.28. The largest absolute Gasteiger partial charge is 0.482 e. The van der Waals surface area contributed by atoms with Crippen LogP contribution in [0.2, 0.25) is 0 Å². The molecule has 6 nitrogen and oxygen atoms in total. The molecule has 1 amide bonds. The fourth-order valence-electron chi connectivity index (χ4n) is 2.97. The number of ether oxygens (including phenoxy) is 1. The molecule has 3 N–H and O–H groups in total. The summed E-state index contributed by atoms with van der Waals surface area (Å²) in [7, 11) is 0. The van der Waals surface area contributed by atoms with Crippen molar-refractivity contribution in [1.29, 1.82) is 0 Å².